The van der Waals surface area contributed by atoms with Crippen LogP contribution in [0.4, 0.5) is 5.69 Å². The molecule has 2 aromatic rings. The molecule has 2 heteroatoms. The number of hydrogen-bond acceptors (Lipinski definition) is 2. The Labute approximate surface area is 114 Å². The molecular formula is C17H19NO. The molecule has 2 aromatic carbocycles. The van der Waals surface area contributed by atoms with Crippen LogP contribution >= 0.6 is 0 Å². The lowest BCUT2D eigenvalue weighted by Crippen LogP contribution is -2.03. The highest BCUT2D eigenvalue weighted by Gasteiger charge is 2.25. The Morgan fingerprint density at radius 1 is 1.05 bits per heavy atom. The van der Waals surface area contributed by atoms with Crippen molar-refractivity contribution in [3.05, 3.63) is 59.7 Å². The largest absolute Gasteiger partial charge is 0.495 e. The fourth-order valence-corrected chi connectivity index (χ4v) is 2.47. The number of anilines is 1. The van der Waals surface area contributed by atoms with Gasteiger partial charge in [-0.3, -0.25) is 0 Å². The molecule has 0 radical (unpaired) electrons. The zero-order chi connectivity index (χ0) is 13.1. The summed E-state index contributed by atoms with van der Waals surface area (Å²) in [6.07, 6.45) is 2.68. The van der Waals surface area contributed by atoms with Crippen LogP contribution in [0.2, 0.25) is 0 Å². The van der Waals surface area contributed by atoms with Crippen LogP contribution in [0.5, 0.6) is 5.75 Å². The molecule has 19 heavy (non-hydrogen) atoms. The monoisotopic (exact) mass is 253 g/mol. The van der Waals surface area contributed by atoms with Gasteiger partial charge in [0.15, 0.2) is 0 Å². The van der Waals surface area contributed by atoms with Crippen molar-refractivity contribution in [2.75, 3.05) is 12.4 Å². The standard InChI is InChI=1S/C17H19NO/c1-19-17-9-5-4-8-16(17)18-12-14-6-2-3-7-15(14)13-10-11-13/h2-9,13,18H,10-12H2,1H3. The first-order chi connectivity index (χ1) is 9.38. The fourth-order valence-electron chi connectivity index (χ4n) is 2.47. The van der Waals surface area contributed by atoms with E-state index < -0.39 is 0 Å². The first-order valence-electron chi connectivity index (χ1n) is 6.83. The Kier molecular flexibility index (Phi) is 3.41. The van der Waals surface area contributed by atoms with Crippen LogP contribution in [0.15, 0.2) is 48.5 Å². The van der Waals surface area contributed by atoms with Gasteiger partial charge in [-0.05, 0) is 42.0 Å². The predicted molar refractivity (Wildman–Crippen MR) is 78.7 cm³/mol. The molecule has 0 bridgehead atoms. The number of ether oxygens (including phenoxy) is 1. The Morgan fingerprint density at radius 3 is 2.58 bits per heavy atom. The minimum Gasteiger partial charge on any atom is -0.495 e. The number of benzene rings is 2. The van der Waals surface area contributed by atoms with Gasteiger partial charge in [0.1, 0.15) is 5.75 Å². The van der Waals surface area contributed by atoms with E-state index in [1.54, 1.807) is 7.11 Å². The lowest BCUT2D eigenvalue weighted by atomic mass is 10.0. The topological polar surface area (TPSA) is 21.3 Å². The number of rotatable bonds is 5. The maximum Gasteiger partial charge on any atom is 0.141 e. The molecule has 0 aliphatic heterocycles. The highest BCUT2D eigenvalue weighted by atomic mass is 16.5. The molecule has 1 saturated carbocycles. The number of nitrogens with one attached hydrogen (secondary N) is 1. The third-order valence-electron chi connectivity index (χ3n) is 3.65. The molecule has 1 fully saturated rings. The molecule has 0 heterocycles. The second-order valence-corrected chi connectivity index (χ2v) is 5.03. The van der Waals surface area contributed by atoms with Gasteiger partial charge in [-0.1, -0.05) is 36.4 Å². The van der Waals surface area contributed by atoms with Crippen LogP contribution in [0.3, 0.4) is 0 Å². The molecule has 98 valence electrons. The first-order valence-corrected chi connectivity index (χ1v) is 6.83. The molecular weight excluding hydrogens is 234 g/mol. The van der Waals surface area contributed by atoms with Gasteiger partial charge in [0.2, 0.25) is 0 Å². The highest BCUT2D eigenvalue weighted by Crippen LogP contribution is 2.41. The van der Waals surface area contributed by atoms with E-state index in [0.717, 1.165) is 23.9 Å². The van der Waals surface area contributed by atoms with Crippen molar-refractivity contribution in [1.29, 1.82) is 0 Å². The predicted octanol–water partition coefficient (Wildman–Crippen LogP) is 4.18. The molecule has 1 N–H and O–H groups in total. The molecule has 1 aliphatic rings. The first kappa shape index (κ1) is 12.1. The number of hydrogen-bond donors (Lipinski definition) is 1. The van der Waals surface area contributed by atoms with Crippen molar-refractivity contribution in [2.24, 2.45) is 0 Å². The van der Waals surface area contributed by atoms with Crippen LogP contribution < -0.4 is 10.1 Å². The van der Waals surface area contributed by atoms with E-state index in [1.165, 1.54) is 24.0 Å². The van der Waals surface area contributed by atoms with Gasteiger partial charge in [0.05, 0.1) is 12.8 Å². The van der Waals surface area contributed by atoms with Crippen molar-refractivity contribution < 1.29 is 4.74 Å². The average molecular weight is 253 g/mol. The highest BCUT2D eigenvalue weighted by molar-refractivity contribution is 5.56. The van der Waals surface area contributed by atoms with Crippen molar-refractivity contribution in [2.45, 2.75) is 25.3 Å². The third kappa shape index (κ3) is 2.73. The third-order valence-corrected chi connectivity index (χ3v) is 3.65. The summed E-state index contributed by atoms with van der Waals surface area (Å²) in [6, 6.07) is 16.8. The molecule has 0 aromatic heterocycles. The molecule has 1 aliphatic carbocycles. The van der Waals surface area contributed by atoms with E-state index in [1.807, 2.05) is 18.2 Å². The second-order valence-electron chi connectivity index (χ2n) is 5.03. The van der Waals surface area contributed by atoms with Crippen LogP contribution in [-0.2, 0) is 6.54 Å². The van der Waals surface area contributed by atoms with Crippen LogP contribution in [0.1, 0.15) is 29.9 Å². The van der Waals surface area contributed by atoms with Gasteiger partial charge in [0.25, 0.3) is 0 Å². The molecule has 0 spiro atoms. The maximum atomic E-state index is 5.36. The van der Waals surface area contributed by atoms with Crippen LogP contribution in [0.25, 0.3) is 0 Å². The molecule has 0 amide bonds. The Bertz CT molecular complexity index is 561. The zero-order valence-electron chi connectivity index (χ0n) is 11.2. The van der Waals surface area contributed by atoms with E-state index >= 15 is 0 Å². The van der Waals surface area contributed by atoms with Crippen LogP contribution in [-0.4, -0.2) is 7.11 Å². The molecule has 2 nitrogen and oxygen atoms in total. The van der Waals surface area contributed by atoms with Crippen molar-refractivity contribution >= 4 is 5.69 Å². The van der Waals surface area contributed by atoms with E-state index in [0.29, 0.717) is 0 Å². The summed E-state index contributed by atoms with van der Waals surface area (Å²) in [5.41, 5.74) is 3.96. The van der Waals surface area contributed by atoms with Crippen LogP contribution in [0, 0.1) is 0 Å². The van der Waals surface area contributed by atoms with E-state index in [9.17, 15) is 0 Å². The van der Waals surface area contributed by atoms with Gasteiger partial charge in [-0.2, -0.15) is 0 Å². The summed E-state index contributed by atoms with van der Waals surface area (Å²) < 4.78 is 5.36. The fraction of sp³-hybridized carbons (Fsp3) is 0.294. The summed E-state index contributed by atoms with van der Waals surface area (Å²) in [5, 5.41) is 3.48. The van der Waals surface area contributed by atoms with Gasteiger partial charge < -0.3 is 10.1 Å². The van der Waals surface area contributed by atoms with E-state index in [4.69, 9.17) is 4.74 Å². The van der Waals surface area contributed by atoms with Gasteiger partial charge in [-0.15, -0.1) is 0 Å². The van der Waals surface area contributed by atoms with Gasteiger partial charge in [0, 0.05) is 6.54 Å². The lowest BCUT2D eigenvalue weighted by molar-refractivity contribution is 0.416. The van der Waals surface area contributed by atoms with Crippen molar-refractivity contribution in [3.63, 3.8) is 0 Å². The number of para-hydroxylation sites is 2. The zero-order valence-corrected chi connectivity index (χ0v) is 11.2. The quantitative estimate of drug-likeness (QED) is 0.863. The van der Waals surface area contributed by atoms with Gasteiger partial charge >= 0.3 is 0 Å². The molecule has 0 atom stereocenters. The minimum absolute atomic E-state index is 0.788. The van der Waals surface area contributed by atoms with E-state index in [2.05, 4.69) is 35.6 Å². The van der Waals surface area contributed by atoms with E-state index in [-0.39, 0.29) is 0 Å². The summed E-state index contributed by atoms with van der Waals surface area (Å²) in [7, 11) is 1.71. The minimum atomic E-state index is 0.788. The van der Waals surface area contributed by atoms with Gasteiger partial charge in [-0.25, -0.2) is 0 Å². The molecule has 0 unspecified atom stereocenters. The summed E-state index contributed by atoms with van der Waals surface area (Å²) >= 11 is 0. The lowest BCUT2D eigenvalue weighted by Gasteiger charge is -2.13. The summed E-state index contributed by atoms with van der Waals surface area (Å²) in [4.78, 5) is 0. The summed E-state index contributed by atoms with van der Waals surface area (Å²) in [6.45, 7) is 0.854. The number of methoxy groups -OCH3 is 1. The average Bonchev–Trinajstić information content (AvgIpc) is 3.30. The molecule has 3 rings (SSSR count). The SMILES string of the molecule is COc1ccccc1NCc1ccccc1C1CC1. The maximum absolute atomic E-state index is 5.36. The van der Waals surface area contributed by atoms with Crippen molar-refractivity contribution in [1.82, 2.24) is 0 Å². The normalized spacial score (nSPS) is 14.2. The summed E-state index contributed by atoms with van der Waals surface area (Å²) in [5.74, 6) is 1.68. The Morgan fingerprint density at radius 2 is 1.79 bits per heavy atom. The molecule has 0 saturated heterocycles. The Hall–Kier alpha value is -1.96. The Balaban J connectivity index is 1.75. The second kappa shape index (κ2) is 5.35. The van der Waals surface area contributed by atoms with Crippen molar-refractivity contribution in [3.8, 4) is 5.75 Å². The smallest absolute Gasteiger partial charge is 0.141 e.